The molecule has 0 spiro atoms. The van der Waals surface area contributed by atoms with Gasteiger partial charge in [0.15, 0.2) is 0 Å². The van der Waals surface area contributed by atoms with E-state index in [0.717, 1.165) is 36.7 Å². The molecule has 21 heavy (non-hydrogen) atoms. The fourth-order valence-electron chi connectivity index (χ4n) is 2.50. The van der Waals surface area contributed by atoms with E-state index in [9.17, 15) is 4.39 Å². The number of piperazine rings is 1. The predicted molar refractivity (Wildman–Crippen MR) is 82.1 cm³/mol. The first kappa shape index (κ1) is 14.2. The Hall–Kier alpha value is -1.72. The summed E-state index contributed by atoms with van der Waals surface area (Å²) in [6, 6.07) is 6.91. The van der Waals surface area contributed by atoms with E-state index in [2.05, 4.69) is 27.1 Å². The van der Waals surface area contributed by atoms with E-state index < -0.39 is 5.82 Å². The van der Waals surface area contributed by atoms with Gasteiger partial charge in [0.05, 0.1) is 10.7 Å². The summed E-state index contributed by atoms with van der Waals surface area (Å²) >= 11 is 5.84. The summed E-state index contributed by atoms with van der Waals surface area (Å²) in [7, 11) is 0. The molecule has 1 aliphatic rings. The third kappa shape index (κ3) is 2.99. The summed E-state index contributed by atoms with van der Waals surface area (Å²) in [6.07, 6.45) is 1.54. The molecule has 0 saturated carbocycles. The SMILES string of the molecule is C[C@@H]1CNCCN1c1cc(-c2ccc(F)c(Cl)c2)ncn1. The Morgan fingerprint density at radius 2 is 2.19 bits per heavy atom. The van der Waals surface area contributed by atoms with Gasteiger partial charge in [0.1, 0.15) is 18.0 Å². The highest BCUT2D eigenvalue weighted by atomic mass is 35.5. The second-order valence-corrected chi connectivity index (χ2v) is 5.54. The fraction of sp³-hybridized carbons (Fsp3) is 0.333. The summed E-state index contributed by atoms with van der Waals surface area (Å²) in [5.41, 5.74) is 1.53. The number of nitrogens with zero attached hydrogens (tertiary/aromatic N) is 3. The van der Waals surface area contributed by atoms with E-state index in [1.54, 1.807) is 12.1 Å². The largest absolute Gasteiger partial charge is 0.351 e. The summed E-state index contributed by atoms with van der Waals surface area (Å²) in [6.45, 7) is 4.93. The van der Waals surface area contributed by atoms with Crippen molar-refractivity contribution in [1.82, 2.24) is 15.3 Å². The Morgan fingerprint density at radius 1 is 1.33 bits per heavy atom. The van der Waals surface area contributed by atoms with Crippen LogP contribution in [0.2, 0.25) is 5.02 Å². The van der Waals surface area contributed by atoms with Crippen molar-refractivity contribution in [2.45, 2.75) is 13.0 Å². The molecule has 1 aromatic carbocycles. The molecule has 4 nitrogen and oxygen atoms in total. The molecule has 0 bridgehead atoms. The van der Waals surface area contributed by atoms with Crippen LogP contribution in [0.3, 0.4) is 0 Å². The summed E-state index contributed by atoms with van der Waals surface area (Å²) in [5, 5.41) is 3.45. The Balaban J connectivity index is 1.94. The topological polar surface area (TPSA) is 41.0 Å². The van der Waals surface area contributed by atoms with Gasteiger partial charge >= 0.3 is 0 Å². The zero-order chi connectivity index (χ0) is 14.8. The van der Waals surface area contributed by atoms with Crippen molar-refractivity contribution in [2.24, 2.45) is 0 Å². The maximum Gasteiger partial charge on any atom is 0.141 e. The van der Waals surface area contributed by atoms with E-state index >= 15 is 0 Å². The normalized spacial score (nSPS) is 18.8. The average Bonchev–Trinajstić information content (AvgIpc) is 2.51. The van der Waals surface area contributed by atoms with Crippen LogP contribution in [0.5, 0.6) is 0 Å². The van der Waals surface area contributed by atoms with Crippen molar-refractivity contribution in [2.75, 3.05) is 24.5 Å². The van der Waals surface area contributed by atoms with Gasteiger partial charge < -0.3 is 10.2 Å². The molecule has 0 amide bonds. The first-order valence-corrected chi connectivity index (χ1v) is 7.28. The maximum absolute atomic E-state index is 13.3. The summed E-state index contributed by atoms with van der Waals surface area (Å²) in [4.78, 5) is 10.9. The lowest BCUT2D eigenvalue weighted by atomic mass is 10.1. The van der Waals surface area contributed by atoms with Gasteiger partial charge in [-0.15, -0.1) is 0 Å². The van der Waals surface area contributed by atoms with Crippen LogP contribution in [0.4, 0.5) is 10.2 Å². The smallest absolute Gasteiger partial charge is 0.141 e. The van der Waals surface area contributed by atoms with Gasteiger partial charge in [-0.25, -0.2) is 14.4 Å². The predicted octanol–water partition coefficient (Wildman–Crippen LogP) is 2.73. The van der Waals surface area contributed by atoms with Crippen LogP contribution in [0.25, 0.3) is 11.3 Å². The van der Waals surface area contributed by atoms with Crippen LogP contribution in [0.15, 0.2) is 30.6 Å². The van der Waals surface area contributed by atoms with Crippen LogP contribution in [-0.2, 0) is 0 Å². The zero-order valence-corrected chi connectivity index (χ0v) is 12.4. The Kier molecular flexibility index (Phi) is 4.03. The highest BCUT2D eigenvalue weighted by molar-refractivity contribution is 6.31. The average molecular weight is 307 g/mol. The molecule has 0 radical (unpaired) electrons. The van der Waals surface area contributed by atoms with Gasteiger partial charge in [0, 0.05) is 37.3 Å². The van der Waals surface area contributed by atoms with Crippen molar-refractivity contribution in [3.8, 4) is 11.3 Å². The molecule has 2 heterocycles. The second kappa shape index (κ2) is 5.95. The molecule has 1 saturated heterocycles. The molecule has 110 valence electrons. The summed E-state index contributed by atoms with van der Waals surface area (Å²) in [5.74, 6) is 0.458. The molecule has 1 aromatic heterocycles. The molecule has 0 unspecified atom stereocenters. The zero-order valence-electron chi connectivity index (χ0n) is 11.7. The lowest BCUT2D eigenvalue weighted by Gasteiger charge is -2.34. The van der Waals surface area contributed by atoms with Crippen molar-refractivity contribution >= 4 is 17.4 Å². The van der Waals surface area contributed by atoms with Crippen LogP contribution in [0.1, 0.15) is 6.92 Å². The molecule has 1 N–H and O–H groups in total. The second-order valence-electron chi connectivity index (χ2n) is 5.14. The quantitative estimate of drug-likeness (QED) is 0.926. The number of nitrogens with one attached hydrogen (secondary N) is 1. The molecule has 1 atom stereocenters. The number of hydrogen-bond acceptors (Lipinski definition) is 4. The molecule has 6 heteroatoms. The van der Waals surface area contributed by atoms with Crippen molar-refractivity contribution in [3.63, 3.8) is 0 Å². The summed E-state index contributed by atoms with van der Waals surface area (Å²) < 4.78 is 13.3. The van der Waals surface area contributed by atoms with Crippen LogP contribution in [-0.4, -0.2) is 35.6 Å². The Labute approximate surface area is 128 Å². The van der Waals surface area contributed by atoms with Gasteiger partial charge in [-0.1, -0.05) is 11.6 Å². The number of benzene rings is 1. The minimum absolute atomic E-state index is 0.100. The highest BCUT2D eigenvalue weighted by Crippen LogP contribution is 2.26. The molecule has 2 aromatic rings. The van der Waals surface area contributed by atoms with Gasteiger partial charge in [-0.2, -0.15) is 0 Å². The number of rotatable bonds is 2. The van der Waals surface area contributed by atoms with Crippen molar-refractivity contribution in [3.05, 3.63) is 41.4 Å². The molecular formula is C15H16ClFN4. The van der Waals surface area contributed by atoms with E-state index in [0.29, 0.717) is 6.04 Å². The Bertz CT molecular complexity index is 649. The minimum atomic E-state index is -0.426. The van der Waals surface area contributed by atoms with E-state index in [1.165, 1.54) is 12.4 Å². The van der Waals surface area contributed by atoms with Gasteiger partial charge in [-0.3, -0.25) is 0 Å². The standard InChI is InChI=1S/C15H16ClFN4/c1-10-8-18-4-5-21(10)15-7-14(19-9-20-15)11-2-3-13(17)12(16)6-11/h2-3,6-7,9-10,18H,4-5,8H2,1H3/t10-/m1/s1. The lowest BCUT2D eigenvalue weighted by molar-refractivity contribution is 0.497. The molecule has 3 rings (SSSR count). The third-order valence-electron chi connectivity index (χ3n) is 3.66. The lowest BCUT2D eigenvalue weighted by Crippen LogP contribution is -2.50. The van der Waals surface area contributed by atoms with Gasteiger partial charge in [0.2, 0.25) is 0 Å². The van der Waals surface area contributed by atoms with Gasteiger partial charge in [0.25, 0.3) is 0 Å². The minimum Gasteiger partial charge on any atom is -0.351 e. The first-order chi connectivity index (χ1) is 10.1. The third-order valence-corrected chi connectivity index (χ3v) is 3.95. The fourth-order valence-corrected chi connectivity index (χ4v) is 2.68. The van der Waals surface area contributed by atoms with E-state index in [-0.39, 0.29) is 5.02 Å². The van der Waals surface area contributed by atoms with E-state index in [1.807, 2.05) is 6.07 Å². The molecule has 1 fully saturated rings. The monoisotopic (exact) mass is 306 g/mol. The number of hydrogen-bond donors (Lipinski definition) is 1. The molecule has 1 aliphatic heterocycles. The number of aromatic nitrogens is 2. The highest BCUT2D eigenvalue weighted by Gasteiger charge is 2.19. The maximum atomic E-state index is 13.3. The van der Waals surface area contributed by atoms with Gasteiger partial charge in [-0.05, 0) is 25.1 Å². The van der Waals surface area contributed by atoms with E-state index in [4.69, 9.17) is 11.6 Å². The molecular weight excluding hydrogens is 291 g/mol. The van der Waals surface area contributed by atoms with Crippen LogP contribution < -0.4 is 10.2 Å². The number of halogens is 2. The first-order valence-electron chi connectivity index (χ1n) is 6.90. The van der Waals surface area contributed by atoms with Crippen molar-refractivity contribution < 1.29 is 4.39 Å². The number of anilines is 1. The van der Waals surface area contributed by atoms with Crippen LogP contribution >= 0.6 is 11.6 Å². The Morgan fingerprint density at radius 3 is 2.95 bits per heavy atom. The van der Waals surface area contributed by atoms with Crippen molar-refractivity contribution in [1.29, 1.82) is 0 Å². The van der Waals surface area contributed by atoms with Crippen LogP contribution in [0, 0.1) is 5.82 Å². The molecule has 0 aliphatic carbocycles.